The highest BCUT2D eigenvalue weighted by Crippen LogP contribution is 2.35. The van der Waals surface area contributed by atoms with Gasteiger partial charge in [0.2, 0.25) is 11.8 Å². The SMILES string of the molecule is CCc1c(O)cc(O)c(C(=O)c2ccc(OC)cc2)c1CC(=O)NCCCN1CCCC1=O. The van der Waals surface area contributed by atoms with Gasteiger partial charge >= 0.3 is 0 Å². The van der Waals surface area contributed by atoms with Crippen LogP contribution in [0.3, 0.4) is 0 Å². The summed E-state index contributed by atoms with van der Waals surface area (Å²) in [7, 11) is 1.52. The lowest BCUT2D eigenvalue weighted by Gasteiger charge is -2.18. The van der Waals surface area contributed by atoms with E-state index in [4.69, 9.17) is 4.74 Å². The van der Waals surface area contributed by atoms with Gasteiger partial charge in [0.1, 0.15) is 17.2 Å². The van der Waals surface area contributed by atoms with Gasteiger partial charge in [-0.1, -0.05) is 6.92 Å². The minimum absolute atomic E-state index is 0.00707. The molecule has 2 amide bonds. The number of ketones is 1. The first-order valence-electron chi connectivity index (χ1n) is 11.2. The molecule has 2 aromatic carbocycles. The number of nitrogens with zero attached hydrogens (tertiary/aromatic N) is 1. The molecule has 1 fully saturated rings. The van der Waals surface area contributed by atoms with E-state index in [-0.39, 0.29) is 35.3 Å². The van der Waals surface area contributed by atoms with Crippen molar-refractivity contribution >= 4 is 17.6 Å². The first-order chi connectivity index (χ1) is 15.8. The second-order valence-corrected chi connectivity index (χ2v) is 8.02. The highest BCUT2D eigenvalue weighted by molar-refractivity contribution is 6.12. The van der Waals surface area contributed by atoms with Crippen LogP contribution in [0.15, 0.2) is 30.3 Å². The van der Waals surface area contributed by atoms with Gasteiger partial charge in [-0.2, -0.15) is 0 Å². The summed E-state index contributed by atoms with van der Waals surface area (Å²) >= 11 is 0. The number of methoxy groups -OCH3 is 1. The Morgan fingerprint density at radius 1 is 1.12 bits per heavy atom. The molecular formula is C25H30N2O6. The lowest BCUT2D eigenvalue weighted by molar-refractivity contribution is -0.127. The number of rotatable bonds is 10. The number of benzene rings is 2. The molecule has 8 nitrogen and oxygen atoms in total. The molecule has 1 aliphatic heterocycles. The Kier molecular flexibility index (Phi) is 7.92. The summed E-state index contributed by atoms with van der Waals surface area (Å²) < 4.78 is 5.12. The molecule has 3 N–H and O–H groups in total. The van der Waals surface area contributed by atoms with Crippen molar-refractivity contribution < 1.29 is 29.3 Å². The molecule has 1 saturated heterocycles. The van der Waals surface area contributed by atoms with Crippen LogP contribution in [0.1, 0.15) is 53.2 Å². The fourth-order valence-corrected chi connectivity index (χ4v) is 4.14. The monoisotopic (exact) mass is 454 g/mol. The van der Waals surface area contributed by atoms with Crippen LogP contribution in [-0.2, 0) is 22.4 Å². The predicted octanol–water partition coefficient (Wildman–Crippen LogP) is 2.57. The minimum atomic E-state index is -0.444. The van der Waals surface area contributed by atoms with E-state index in [1.165, 1.54) is 7.11 Å². The lowest BCUT2D eigenvalue weighted by atomic mass is 9.90. The van der Waals surface area contributed by atoms with E-state index in [0.717, 1.165) is 19.0 Å². The molecule has 0 aromatic heterocycles. The Labute approximate surface area is 193 Å². The van der Waals surface area contributed by atoms with Gasteiger partial charge in [-0.3, -0.25) is 14.4 Å². The second-order valence-electron chi connectivity index (χ2n) is 8.02. The number of ether oxygens (including phenoxy) is 1. The highest BCUT2D eigenvalue weighted by Gasteiger charge is 2.25. The van der Waals surface area contributed by atoms with Crippen molar-refractivity contribution in [2.24, 2.45) is 0 Å². The lowest BCUT2D eigenvalue weighted by Crippen LogP contribution is -2.31. The fraction of sp³-hybridized carbons (Fsp3) is 0.400. The number of hydrogen-bond donors (Lipinski definition) is 3. The smallest absolute Gasteiger partial charge is 0.224 e. The maximum absolute atomic E-state index is 13.2. The van der Waals surface area contributed by atoms with Crippen LogP contribution in [0.2, 0.25) is 0 Å². The van der Waals surface area contributed by atoms with Crippen LogP contribution < -0.4 is 10.1 Å². The number of hydrogen-bond acceptors (Lipinski definition) is 6. The predicted molar refractivity (Wildman–Crippen MR) is 123 cm³/mol. The molecule has 2 aromatic rings. The third-order valence-electron chi connectivity index (χ3n) is 5.87. The van der Waals surface area contributed by atoms with Crippen molar-refractivity contribution in [3.8, 4) is 17.2 Å². The van der Waals surface area contributed by atoms with E-state index in [1.807, 2.05) is 6.92 Å². The van der Waals surface area contributed by atoms with Gasteiger partial charge in [0, 0.05) is 37.7 Å². The Hall–Kier alpha value is -3.55. The van der Waals surface area contributed by atoms with Gasteiger partial charge in [0.25, 0.3) is 0 Å². The van der Waals surface area contributed by atoms with Crippen molar-refractivity contribution in [1.82, 2.24) is 10.2 Å². The largest absolute Gasteiger partial charge is 0.508 e. The Bertz CT molecular complexity index is 1030. The first kappa shape index (κ1) is 24.1. The molecular weight excluding hydrogens is 424 g/mol. The summed E-state index contributed by atoms with van der Waals surface area (Å²) in [6, 6.07) is 7.60. The number of likely N-dealkylation sites (tertiary alicyclic amines) is 1. The second kappa shape index (κ2) is 10.8. The molecule has 0 atom stereocenters. The molecule has 0 spiro atoms. The van der Waals surface area contributed by atoms with Crippen LogP contribution in [0.25, 0.3) is 0 Å². The molecule has 0 aliphatic carbocycles. The van der Waals surface area contributed by atoms with Crippen LogP contribution in [0.5, 0.6) is 17.2 Å². The van der Waals surface area contributed by atoms with Gasteiger partial charge < -0.3 is 25.2 Å². The third-order valence-corrected chi connectivity index (χ3v) is 5.87. The summed E-state index contributed by atoms with van der Waals surface area (Å²) in [5, 5.41) is 23.7. The zero-order valence-corrected chi connectivity index (χ0v) is 19.0. The quantitative estimate of drug-likeness (QED) is 0.375. The number of aromatic hydroxyl groups is 2. The zero-order chi connectivity index (χ0) is 24.0. The van der Waals surface area contributed by atoms with Crippen molar-refractivity contribution in [3.05, 3.63) is 52.6 Å². The molecule has 0 saturated carbocycles. The molecule has 0 unspecified atom stereocenters. The average molecular weight is 455 g/mol. The maximum atomic E-state index is 13.2. The van der Waals surface area contributed by atoms with Gasteiger partial charge in [-0.15, -0.1) is 0 Å². The Morgan fingerprint density at radius 2 is 1.85 bits per heavy atom. The molecule has 0 radical (unpaired) electrons. The standard InChI is InChI=1S/C25H30N2O6/c1-3-18-19(14-22(30)26-11-5-13-27-12-4-6-23(27)31)24(21(29)15-20(18)28)25(32)16-7-9-17(33-2)10-8-16/h7-10,15,28-29H,3-6,11-14H2,1-2H3,(H,26,30). The van der Waals surface area contributed by atoms with E-state index in [1.54, 1.807) is 29.2 Å². The van der Waals surface area contributed by atoms with Crippen LogP contribution >= 0.6 is 0 Å². The van der Waals surface area contributed by atoms with Gasteiger partial charge in [0.05, 0.1) is 19.1 Å². The Balaban J connectivity index is 1.77. The van der Waals surface area contributed by atoms with Gasteiger partial charge in [0.15, 0.2) is 5.78 Å². The van der Waals surface area contributed by atoms with E-state index in [2.05, 4.69) is 5.32 Å². The van der Waals surface area contributed by atoms with E-state index < -0.39 is 5.78 Å². The van der Waals surface area contributed by atoms with Crippen molar-refractivity contribution in [2.75, 3.05) is 26.7 Å². The third kappa shape index (κ3) is 5.63. The zero-order valence-electron chi connectivity index (χ0n) is 19.0. The molecule has 176 valence electrons. The van der Waals surface area contributed by atoms with Gasteiger partial charge in [-0.25, -0.2) is 0 Å². The van der Waals surface area contributed by atoms with Crippen molar-refractivity contribution in [2.45, 2.75) is 39.0 Å². The minimum Gasteiger partial charge on any atom is -0.508 e. The fourth-order valence-electron chi connectivity index (χ4n) is 4.14. The van der Waals surface area contributed by atoms with Gasteiger partial charge in [-0.05, 0) is 54.7 Å². The number of carbonyl (C=O) groups is 3. The Morgan fingerprint density at radius 3 is 2.45 bits per heavy atom. The summed E-state index contributed by atoms with van der Waals surface area (Å²) in [4.78, 5) is 39.4. The van der Waals surface area contributed by atoms with E-state index >= 15 is 0 Å². The molecule has 1 aliphatic rings. The van der Waals surface area contributed by atoms with Crippen LogP contribution in [0, 0.1) is 0 Å². The highest BCUT2D eigenvalue weighted by atomic mass is 16.5. The van der Waals surface area contributed by atoms with E-state index in [9.17, 15) is 24.6 Å². The summed E-state index contributed by atoms with van der Waals surface area (Å²) in [6.45, 7) is 3.54. The molecule has 3 rings (SSSR count). The number of nitrogens with one attached hydrogen (secondary N) is 1. The van der Waals surface area contributed by atoms with Crippen molar-refractivity contribution in [3.63, 3.8) is 0 Å². The number of phenolic OH excluding ortho intramolecular Hbond substituents is 2. The van der Waals surface area contributed by atoms with Crippen molar-refractivity contribution in [1.29, 1.82) is 0 Å². The number of carbonyl (C=O) groups excluding carboxylic acids is 3. The molecule has 8 heteroatoms. The summed E-state index contributed by atoms with van der Waals surface area (Å²) in [5.74, 6) is -0.569. The summed E-state index contributed by atoms with van der Waals surface area (Å²) in [5.41, 5.74) is 1.09. The normalized spacial score (nSPS) is 13.3. The number of amides is 2. The van der Waals surface area contributed by atoms with Crippen LogP contribution in [0.4, 0.5) is 0 Å². The first-order valence-corrected chi connectivity index (χ1v) is 11.2. The molecule has 33 heavy (non-hydrogen) atoms. The van der Waals surface area contributed by atoms with E-state index in [0.29, 0.717) is 54.8 Å². The summed E-state index contributed by atoms with van der Waals surface area (Å²) in [6.07, 6.45) is 2.30. The number of phenols is 2. The molecule has 0 bridgehead atoms. The molecule has 1 heterocycles. The van der Waals surface area contributed by atoms with Crippen LogP contribution in [-0.4, -0.2) is 59.5 Å². The topological polar surface area (TPSA) is 116 Å². The maximum Gasteiger partial charge on any atom is 0.224 e. The average Bonchev–Trinajstić information content (AvgIpc) is 3.21.